The first-order valence-corrected chi connectivity index (χ1v) is 7.33. The van der Waals surface area contributed by atoms with Gasteiger partial charge >= 0.3 is 20.2 Å². The number of hydrogen-bond acceptors (Lipinski definition) is 3. The molecule has 0 bridgehead atoms. The van der Waals surface area contributed by atoms with Gasteiger partial charge in [-0.25, -0.2) is 0 Å². The molecule has 2 radical (unpaired) electrons. The molecule has 0 heterocycles. The quantitative estimate of drug-likeness (QED) is 0.503. The molecule has 0 saturated heterocycles. The molecule has 0 aromatic rings. The summed E-state index contributed by atoms with van der Waals surface area (Å²) in [5.41, 5.74) is -2.77. The van der Waals surface area contributed by atoms with Crippen LogP contribution >= 0.6 is 0 Å². The predicted molar refractivity (Wildman–Crippen MR) is 58.7 cm³/mol. The van der Waals surface area contributed by atoms with Crippen molar-refractivity contribution >= 4 is 29.3 Å². The Bertz CT molecular complexity index is 242. The van der Waals surface area contributed by atoms with Crippen molar-refractivity contribution in [3.8, 4) is 0 Å². The van der Waals surface area contributed by atoms with Gasteiger partial charge in [0.15, 0.2) is 0 Å². The molecule has 7 heteroatoms. The Hall–Kier alpha value is -1.19. The predicted octanol–water partition coefficient (Wildman–Crippen LogP) is 1.88. The highest BCUT2D eigenvalue weighted by Crippen LogP contribution is 2.06. The highest BCUT2D eigenvalue weighted by atomic mass is 28.4. The fourth-order valence-corrected chi connectivity index (χ4v) is 4.33. The summed E-state index contributed by atoms with van der Waals surface area (Å²) >= 11 is 0. The zero-order chi connectivity index (χ0) is 11.8. The van der Waals surface area contributed by atoms with Gasteiger partial charge in [0.05, 0.1) is 0 Å². The number of hydrogen-bond donors (Lipinski definition) is 2. The van der Waals surface area contributed by atoms with Crippen LogP contribution in [0.4, 0.5) is 9.59 Å². The molecule has 0 aromatic carbocycles. The lowest BCUT2D eigenvalue weighted by atomic mass is 10.7. The summed E-state index contributed by atoms with van der Waals surface area (Å²) in [5, 5.41) is 17.3. The molecule has 0 atom stereocenters. The Morgan fingerprint density at radius 3 is 1.80 bits per heavy atom. The molecule has 0 aliphatic rings. The van der Waals surface area contributed by atoms with Crippen molar-refractivity contribution in [3.05, 3.63) is 25.3 Å². The number of allylic oxidation sites excluding steroid dienone is 2. The van der Waals surface area contributed by atoms with Crippen LogP contribution < -0.4 is 0 Å². The van der Waals surface area contributed by atoms with Crippen LogP contribution in [0.1, 0.15) is 0 Å². The third kappa shape index (κ3) is 5.30. The zero-order valence-corrected chi connectivity index (χ0v) is 10.1. The van der Waals surface area contributed by atoms with Crippen LogP contribution in [0.15, 0.2) is 25.3 Å². The molecule has 0 rings (SSSR count). The first kappa shape index (κ1) is 13.8. The first-order chi connectivity index (χ1) is 7.02. The lowest BCUT2D eigenvalue weighted by Crippen LogP contribution is -2.41. The van der Waals surface area contributed by atoms with E-state index in [1.807, 2.05) is 0 Å². The Balaban J connectivity index is 4.44. The number of rotatable bonds is 8. The van der Waals surface area contributed by atoms with Gasteiger partial charge in [-0.3, -0.25) is 9.59 Å². The van der Waals surface area contributed by atoms with Gasteiger partial charge in [-0.2, -0.15) is 0 Å². The van der Waals surface area contributed by atoms with Crippen LogP contribution in [0.5, 0.6) is 0 Å². The fourth-order valence-electron chi connectivity index (χ4n) is 0.812. The van der Waals surface area contributed by atoms with Gasteiger partial charge in [0.25, 0.3) is 0 Å². The highest BCUT2D eigenvalue weighted by Gasteiger charge is 2.35. The van der Waals surface area contributed by atoms with Crippen molar-refractivity contribution in [2.24, 2.45) is 0 Å². The number of carbonyl (C=O) groups is 2. The molecule has 0 aromatic heterocycles. The average Bonchev–Trinajstić information content (AvgIpc) is 2.13. The molecule has 0 fully saturated rings. The maximum absolute atomic E-state index is 10.6. The lowest BCUT2D eigenvalue weighted by molar-refractivity contribution is 0.205. The van der Waals surface area contributed by atoms with E-state index in [0.29, 0.717) is 12.1 Å². The molecule has 0 unspecified atom stereocenters. The van der Waals surface area contributed by atoms with Gasteiger partial charge < -0.3 is 14.3 Å². The molecular weight excluding hydrogens is 232 g/mol. The van der Waals surface area contributed by atoms with Crippen LogP contribution in [0, 0.1) is 0 Å². The van der Waals surface area contributed by atoms with Gasteiger partial charge in [0, 0.05) is 0 Å². The second kappa shape index (κ2) is 7.15. The summed E-state index contributed by atoms with van der Waals surface area (Å²) in [6, 6.07) is 1.01. The first-order valence-electron chi connectivity index (χ1n) is 4.10. The summed E-state index contributed by atoms with van der Waals surface area (Å²) in [6.45, 7) is 7.01. The van der Waals surface area contributed by atoms with Gasteiger partial charge in [-0.1, -0.05) is 12.2 Å². The summed E-state index contributed by atoms with van der Waals surface area (Å²) in [6.07, 6.45) is 3.20. The summed E-state index contributed by atoms with van der Waals surface area (Å²) in [5.74, 6) is 0. The molecule has 0 spiro atoms. The normalized spacial score (nSPS) is 10.3. The standard InChI is InChI=1S/C8H12O5Si2/c1-3-5-14(6-4-2)13-15(7(9)10)8(11)12/h3-4H,1-2,5-6H2,(H,9,10)(H,11,12). The van der Waals surface area contributed by atoms with Crippen LogP contribution in [-0.4, -0.2) is 39.5 Å². The van der Waals surface area contributed by atoms with Crippen molar-refractivity contribution < 1.29 is 23.9 Å². The van der Waals surface area contributed by atoms with E-state index in [-0.39, 0.29) is 0 Å². The van der Waals surface area contributed by atoms with E-state index in [0.717, 1.165) is 0 Å². The SMILES string of the molecule is C=CC[Si](CC=C)O[Si](C(=O)O)C(=O)O. The van der Waals surface area contributed by atoms with Crippen molar-refractivity contribution in [1.29, 1.82) is 0 Å². The summed E-state index contributed by atoms with van der Waals surface area (Å²) in [7, 11) is -4.33. The Morgan fingerprint density at radius 2 is 1.53 bits per heavy atom. The molecule has 2 N–H and O–H groups in total. The summed E-state index contributed by atoms with van der Waals surface area (Å²) in [4.78, 5) is 21.2. The molecule has 0 amide bonds. The van der Waals surface area contributed by atoms with E-state index in [1.165, 1.54) is 0 Å². The third-order valence-electron chi connectivity index (χ3n) is 1.38. The molecule has 0 aliphatic heterocycles. The third-order valence-corrected chi connectivity index (χ3v) is 5.62. The molecule has 0 aliphatic carbocycles. The minimum absolute atomic E-state index is 0.505. The maximum atomic E-state index is 10.6. The number of carboxylic acid groups (broad SMARTS) is 2. The Kier molecular flexibility index (Phi) is 6.59. The topological polar surface area (TPSA) is 83.8 Å². The minimum Gasteiger partial charge on any atom is -0.483 e. The molecule has 5 nitrogen and oxygen atoms in total. The van der Waals surface area contributed by atoms with Crippen molar-refractivity contribution in [3.63, 3.8) is 0 Å². The van der Waals surface area contributed by atoms with Crippen molar-refractivity contribution in [1.82, 2.24) is 0 Å². The van der Waals surface area contributed by atoms with Crippen LogP contribution in [-0.2, 0) is 4.12 Å². The monoisotopic (exact) mass is 244 g/mol. The van der Waals surface area contributed by atoms with Crippen molar-refractivity contribution in [2.75, 3.05) is 0 Å². The Morgan fingerprint density at radius 1 is 1.13 bits per heavy atom. The average molecular weight is 244 g/mol. The van der Waals surface area contributed by atoms with Gasteiger partial charge in [0.2, 0.25) is 9.04 Å². The smallest absolute Gasteiger partial charge is 0.469 e. The highest BCUT2D eigenvalue weighted by molar-refractivity contribution is 7.07. The van der Waals surface area contributed by atoms with Gasteiger partial charge in [-0.05, 0) is 12.1 Å². The van der Waals surface area contributed by atoms with Crippen LogP contribution in [0.2, 0.25) is 12.1 Å². The van der Waals surface area contributed by atoms with Crippen molar-refractivity contribution in [2.45, 2.75) is 12.1 Å². The van der Waals surface area contributed by atoms with Gasteiger partial charge in [-0.15, -0.1) is 13.2 Å². The van der Waals surface area contributed by atoms with Crippen LogP contribution in [0.25, 0.3) is 0 Å². The maximum Gasteiger partial charge on any atom is 0.469 e. The van der Waals surface area contributed by atoms with E-state index in [1.54, 1.807) is 12.2 Å². The summed E-state index contributed by atoms with van der Waals surface area (Å²) < 4.78 is 5.12. The van der Waals surface area contributed by atoms with E-state index < -0.39 is 29.3 Å². The second-order valence-electron chi connectivity index (χ2n) is 2.57. The van der Waals surface area contributed by atoms with Crippen LogP contribution in [0.3, 0.4) is 0 Å². The molecule has 82 valence electrons. The van der Waals surface area contributed by atoms with Gasteiger partial charge in [0.1, 0.15) is 0 Å². The van der Waals surface area contributed by atoms with E-state index in [9.17, 15) is 9.59 Å². The minimum atomic E-state index is -2.84. The zero-order valence-electron chi connectivity index (χ0n) is 8.10. The lowest BCUT2D eigenvalue weighted by Gasteiger charge is -2.13. The molecule has 0 saturated carbocycles. The molecular formula is C8H12O5Si2. The largest absolute Gasteiger partial charge is 0.483 e. The Labute approximate surface area is 91.1 Å². The van der Waals surface area contributed by atoms with E-state index in [2.05, 4.69) is 13.2 Å². The van der Waals surface area contributed by atoms with E-state index in [4.69, 9.17) is 14.3 Å². The second-order valence-corrected chi connectivity index (χ2v) is 6.79. The van der Waals surface area contributed by atoms with E-state index >= 15 is 0 Å². The fraction of sp³-hybridized carbons (Fsp3) is 0.250. The molecule has 15 heavy (non-hydrogen) atoms.